The molecule has 3 heteroatoms. The zero-order valence-corrected chi connectivity index (χ0v) is 11.6. The second-order valence-electron chi connectivity index (χ2n) is 5.12. The Balaban J connectivity index is 2.04. The Morgan fingerprint density at radius 2 is 1.75 bits per heavy atom. The van der Waals surface area contributed by atoms with E-state index in [4.69, 9.17) is 5.73 Å². The number of nitrogens with two attached hydrogens (primary N) is 1. The second kappa shape index (κ2) is 4.85. The molecule has 1 heterocycles. The van der Waals surface area contributed by atoms with Crippen LogP contribution in [0.5, 0.6) is 0 Å². The molecule has 0 bridgehead atoms. The van der Waals surface area contributed by atoms with Crippen LogP contribution >= 0.6 is 0 Å². The number of aryl methyl sites for hydroxylation is 2. The number of nitrogens with one attached hydrogen (secondary N) is 1. The molecule has 0 fully saturated rings. The smallest absolute Gasteiger partial charge is 0.0634 e. The summed E-state index contributed by atoms with van der Waals surface area (Å²) >= 11 is 0. The fourth-order valence-corrected chi connectivity index (χ4v) is 2.50. The van der Waals surface area contributed by atoms with E-state index in [1.54, 1.807) is 6.20 Å². The summed E-state index contributed by atoms with van der Waals surface area (Å²) in [5.74, 6) is 0. The Kier molecular flexibility index (Phi) is 3.03. The van der Waals surface area contributed by atoms with Crippen LogP contribution in [-0.2, 0) is 0 Å². The SMILES string of the molecule is Cc1cc(C)cc(Nc2ccc3cnccc3c2N)c1. The van der Waals surface area contributed by atoms with Crippen LogP contribution in [0.25, 0.3) is 10.8 Å². The molecule has 0 aliphatic carbocycles. The highest BCUT2D eigenvalue weighted by Gasteiger charge is 2.05. The largest absolute Gasteiger partial charge is 0.397 e. The fourth-order valence-electron chi connectivity index (χ4n) is 2.50. The first-order valence-electron chi connectivity index (χ1n) is 6.61. The van der Waals surface area contributed by atoms with E-state index in [1.807, 2.05) is 24.4 Å². The quantitative estimate of drug-likeness (QED) is 0.682. The van der Waals surface area contributed by atoms with E-state index in [0.29, 0.717) is 0 Å². The van der Waals surface area contributed by atoms with E-state index in [0.717, 1.165) is 27.8 Å². The van der Waals surface area contributed by atoms with Crippen LogP contribution in [0.4, 0.5) is 17.1 Å². The molecule has 0 saturated carbocycles. The first-order valence-corrected chi connectivity index (χ1v) is 6.61. The third kappa shape index (κ3) is 2.30. The van der Waals surface area contributed by atoms with Gasteiger partial charge in [0, 0.05) is 28.9 Å². The van der Waals surface area contributed by atoms with Gasteiger partial charge >= 0.3 is 0 Å². The van der Waals surface area contributed by atoms with Crippen molar-refractivity contribution in [2.24, 2.45) is 0 Å². The Bertz CT molecular complexity index is 758. The van der Waals surface area contributed by atoms with E-state index < -0.39 is 0 Å². The van der Waals surface area contributed by atoms with Gasteiger partial charge in [-0.25, -0.2) is 0 Å². The van der Waals surface area contributed by atoms with Crippen LogP contribution in [0.2, 0.25) is 0 Å². The number of benzene rings is 2. The number of anilines is 3. The van der Waals surface area contributed by atoms with Crippen molar-refractivity contribution in [3.63, 3.8) is 0 Å². The van der Waals surface area contributed by atoms with Crippen LogP contribution in [0.15, 0.2) is 48.8 Å². The van der Waals surface area contributed by atoms with Gasteiger partial charge in [0.25, 0.3) is 0 Å². The molecule has 3 nitrogen and oxygen atoms in total. The van der Waals surface area contributed by atoms with Gasteiger partial charge in [0.15, 0.2) is 0 Å². The standard InChI is InChI=1S/C17H17N3/c1-11-7-12(2)9-14(8-11)20-16-4-3-13-10-19-6-5-15(13)17(16)18/h3-10,20H,18H2,1-2H3. The first kappa shape index (κ1) is 12.5. The van der Waals surface area contributed by atoms with Gasteiger partial charge in [-0.2, -0.15) is 0 Å². The van der Waals surface area contributed by atoms with E-state index in [1.165, 1.54) is 11.1 Å². The number of hydrogen-bond donors (Lipinski definition) is 2. The lowest BCUT2D eigenvalue weighted by molar-refractivity contribution is 1.36. The molecule has 3 rings (SSSR count). The van der Waals surface area contributed by atoms with Crippen molar-refractivity contribution < 1.29 is 0 Å². The molecule has 0 aliphatic heterocycles. The van der Waals surface area contributed by atoms with Crippen LogP contribution in [0, 0.1) is 13.8 Å². The zero-order chi connectivity index (χ0) is 14.1. The molecular weight excluding hydrogens is 246 g/mol. The van der Waals surface area contributed by atoms with Gasteiger partial charge in [-0.15, -0.1) is 0 Å². The normalized spacial score (nSPS) is 10.7. The predicted octanol–water partition coefficient (Wildman–Crippen LogP) is 4.18. The average Bonchev–Trinajstić information content (AvgIpc) is 2.41. The topological polar surface area (TPSA) is 50.9 Å². The molecule has 0 radical (unpaired) electrons. The number of fused-ring (bicyclic) bond motifs is 1. The van der Waals surface area contributed by atoms with Crippen molar-refractivity contribution in [2.75, 3.05) is 11.1 Å². The molecule has 0 spiro atoms. The van der Waals surface area contributed by atoms with Gasteiger partial charge in [-0.3, -0.25) is 4.98 Å². The van der Waals surface area contributed by atoms with E-state index in [2.05, 4.69) is 42.3 Å². The molecule has 0 aliphatic rings. The molecule has 3 N–H and O–H groups in total. The van der Waals surface area contributed by atoms with E-state index >= 15 is 0 Å². The number of nitrogens with zero attached hydrogens (tertiary/aromatic N) is 1. The Morgan fingerprint density at radius 3 is 2.50 bits per heavy atom. The van der Waals surface area contributed by atoms with Crippen molar-refractivity contribution in [2.45, 2.75) is 13.8 Å². The molecular formula is C17H17N3. The maximum Gasteiger partial charge on any atom is 0.0634 e. The summed E-state index contributed by atoms with van der Waals surface area (Å²) in [6, 6.07) is 12.4. The summed E-state index contributed by atoms with van der Waals surface area (Å²) in [5.41, 5.74) is 11.5. The lowest BCUT2D eigenvalue weighted by Gasteiger charge is -2.12. The van der Waals surface area contributed by atoms with Gasteiger partial charge in [0.1, 0.15) is 0 Å². The van der Waals surface area contributed by atoms with Crippen molar-refractivity contribution in [1.82, 2.24) is 4.98 Å². The zero-order valence-electron chi connectivity index (χ0n) is 11.6. The summed E-state index contributed by atoms with van der Waals surface area (Å²) in [4.78, 5) is 4.11. The molecule has 0 unspecified atom stereocenters. The molecule has 20 heavy (non-hydrogen) atoms. The number of rotatable bonds is 2. The highest BCUT2D eigenvalue weighted by Crippen LogP contribution is 2.30. The highest BCUT2D eigenvalue weighted by atomic mass is 14.9. The predicted molar refractivity (Wildman–Crippen MR) is 85.4 cm³/mol. The summed E-state index contributed by atoms with van der Waals surface area (Å²) in [7, 11) is 0. The van der Waals surface area contributed by atoms with Gasteiger partial charge < -0.3 is 11.1 Å². The highest BCUT2D eigenvalue weighted by molar-refractivity contribution is 5.99. The van der Waals surface area contributed by atoms with Gasteiger partial charge in [0.05, 0.1) is 11.4 Å². The summed E-state index contributed by atoms with van der Waals surface area (Å²) in [6.07, 6.45) is 3.59. The maximum atomic E-state index is 6.25. The van der Waals surface area contributed by atoms with Gasteiger partial charge in [-0.05, 0) is 49.2 Å². The lowest BCUT2D eigenvalue weighted by atomic mass is 10.1. The third-order valence-corrected chi connectivity index (χ3v) is 3.36. The van der Waals surface area contributed by atoms with Crippen molar-refractivity contribution in [3.8, 4) is 0 Å². The molecule has 0 amide bonds. The Morgan fingerprint density at radius 1 is 1.00 bits per heavy atom. The van der Waals surface area contributed by atoms with Gasteiger partial charge in [0.2, 0.25) is 0 Å². The average molecular weight is 263 g/mol. The minimum Gasteiger partial charge on any atom is -0.397 e. The minimum atomic E-state index is 0.754. The summed E-state index contributed by atoms with van der Waals surface area (Å²) in [6.45, 7) is 4.18. The first-order chi connectivity index (χ1) is 9.63. The number of pyridine rings is 1. The molecule has 0 saturated heterocycles. The Hall–Kier alpha value is -2.55. The van der Waals surface area contributed by atoms with Gasteiger partial charge in [-0.1, -0.05) is 12.1 Å². The fraction of sp³-hybridized carbons (Fsp3) is 0.118. The number of hydrogen-bond acceptors (Lipinski definition) is 3. The van der Waals surface area contributed by atoms with Crippen molar-refractivity contribution in [1.29, 1.82) is 0 Å². The van der Waals surface area contributed by atoms with E-state index in [9.17, 15) is 0 Å². The summed E-state index contributed by atoms with van der Waals surface area (Å²) in [5, 5.41) is 5.47. The van der Waals surface area contributed by atoms with E-state index in [-0.39, 0.29) is 0 Å². The molecule has 3 aromatic rings. The molecule has 2 aromatic carbocycles. The van der Waals surface area contributed by atoms with Crippen LogP contribution in [0.3, 0.4) is 0 Å². The molecule has 0 atom stereocenters. The Labute approximate surface area is 118 Å². The number of aromatic nitrogens is 1. The number of nitrogen functional groups attached to an aromatic ring is 1. The van der Waals surface area contributed by atoms with Crippen LogP contribution in [-0.4, -0.2) is 4.98 Å². The van der Waals surface area contributed by atoms with Crippen LogP contribution < -0.4 is 11.1 Å². The second-order valence-corrected chi connectivity index (χ2v) is 5.12. The van der Waals surface area contributed by atoms with Crippen LogP contribution in [0.1, 0.15) is 11.1 Å². The minimum absolute atomic E-state index is 0.754. The summed E-state index contributed by atoms with van der Waals surface area (Å²) < 4.78 is 0. The van der Waals surface area contributed by atoms with Crippen molar-refractivity contribution >= 4 is 27.8 Å². The van der Waals surface area contributed by atoms with Crippen molar-refractivity contribution in [3.05, 3.63) is 59.9 Å². The maximum absolute atomic E-state index is 6.25. The molecule has 1 aromatic heterocycles. The monoisotopic (exact) mass is 263 g/mol. The molecule has 100 valence electrons. The lowest BCUT2D eigenvalue weighted by Crippen LogP contribution is -1.98. The third-order valence-electron chi connectivity index (χ3n) is 3.36.